The van der Waals surface area contributed by atoms with Crippen LogP contribution in [0.25, 0.3) is 17.5 Å². The van der Waals surface area contributed by atoms with E-state index in [9.17, 15) is 4.79 Å². The van der Waals surface area contributed by atoms with E-state index in [4.69, 9.17) is 4.42 Å². The summed E-state index contributed by atoms with van der Waals surface area (Å²) in [5.74, 6) is 0.832. The van der Waals surface area contributed by atoms with Gasteiger partial charge < -0.3 is 4.42 Å². The van der Waals surface area contributed by atoms with Gasteiger partial charge in [0.15, 0.2) is 0 Å². The molecule has 25 heavy (non-hydrogen) atoms. The Bertz CT molecular complexity index is 881. The quantitative estimate of drug-likeness (QED) is 0.549. The van der Waals surface area contributed by atoms with Crippen molar-refractivity contribution in [1.29, 1.82) is 0 Å². The van der Waals surface area contributed by atoms with Crippen LogP contribution >= 0.6 is 0 Å². The number of hydrazone groups is 1. The zero-order valence-electron chi connectivity index (χ0n) is 13.5. The number of rotatable bonds is 6. The van der Waals surface area contributed by atoms with E-state index in [0.29, 0.717) is 17.3 Å². The molecule has 0 spiro atoms. The maximum absolute atomic E-state index is 11.9. The van der Waals surface area contributed by atoms with E-state index in [1.165, 1.54) is 4.80 Å². The summed E-state index contributed by atoms with van der Waals surface area (Å²) in [6.45, 7) is 1.69. The van der Waals surface area contributed by atoms with Crippen LogP contribution in [0.1, 0.15) is 12.7 Å². The first-order valence-electron chi connectivity index (χ1n) is 7.58. The second kappa shape index (κ2) is 7.82. The Morgan fingerprint density at radius 2 is 2.12 bits per heavy atom. The summed E-state index contributed by atoms with van der Waals surface area (Å²) in [4.78, 5) is 13.1. The number of amides is 1. The van der Waals surface area contributed by atoms with Gasteiger partial charge >= 0.3 is 0 Å². The Kier molecular flexibility index (Phi) is 5.10. The minimum atomic E-state index is -0.345. The Labute approximate surface area is 143 Å². The van der Waals surface area contributed by atoms with E-state index in [1.54, 1.807) is 31.4 Å². The summed E-state index contributed by atoms with van der Waals surface area (Å²) in [5, 5.41) is 16.0. The van der Waals surface area contributed by atoms with Crippen LogP contribution in [0.5, 0.6) is 0 Å². The molecule has 0 bridgehead atoms. The van der Waals surface area contributed by atoms with E-state index in [-0.39, 0.29) is 12.5 Å². The highest BCUT2D eigenvalue weighted by atomic mass is 16.3. The molecule has 0 saturated heterocycles. The monoisotopic (exact) mass is 336 g/mol. The molecule has 3 aromatic rings. The predicted molar refractivity (Wildman–Crippen MR) is 92.2 cm³/mol. The Hall–Kier alpha value is -3.55. The first kappa shape index (κ1) is 16.3. The molecule has 2 aromatic heterocycles. The first-order chi connectivity index (χ1) is 12.2. The van der Waals surface area contributed by atoms with Gasteiger partial charge in [-0.1, -0.05) is 30.3 Å². The van der Waals surface area contributed by atoms with Crippen molar-refractivity contribution in [2.24, 2.45) is 5.10 Å². The van der Waals surface area contributed by atoms with Gasteiger partial charge in [-0.05, 0) is 36.4 Å². The van der Waals surface area contributed by atoms with Gasteiger partial charge in [0.25, 0.3) is 5.91 Å². The van der Waals surface area contributed by atoms with Gasteiger partial charge in [0, 0.05) is 5.56 Å². The molecule has 3 rings (SSSR count). The average Bonchev–Trinajstić information content (AvgIpc) is 3.31. The first-order valence-corrected chi connectivity index (χ1v) is 7.58. The van der Waals surface area contributed by atoms with Gasteiger partial charge in [0.1, 0.15) is 12.3 Å². The van der Waals surface area contributed by atoms with Gasteiger partial charge in [-0.3, -0.25) is 4.79 Å². The zero-order chi connectivity index (χ0) is 17.5. The van der Waals surface area contributed by atoms with Gasteiger partial charge in [-0.2, -0.15) is 9.90 Å². The second-order valence-corrected chi connectivity index (χ2v) is 5.15. The predicted octanol–water partition coefficient (Wildman–Crippen LogP) is 2.14. The third-order valence-corrected chi connectivity index (χ3v) is 3.16. The van der Waals surface area contributed by atoms with Crippen LogP contribution in [0, 0.1) is 0 Å². The fourth-order valence-corrected chi connectivity index (χ4v) is 1.95. The number of carbonyl (C=O) groups is 1. The van der Waals surface area contributed by atoms with Gasteiger partial charge in [-0.15, -0.1) is 10.2 Å². The van der Waals surface area contributed by atoms with Crippen molar-refractivity contribution in [2.75, 3.05) is 0 Å². The highest BCUT2D eigenvalue weighted by Crippen LogP contribution is 2.11. The van der Waals surface area contributed by atoms with Crippen LogP contribution < -0.4 is 5.43 Å². The van der Waals surface area contributed by atoms with Gasteiger partial charge in [-0.25, -0.2) is 5.43 Å². The largest absolute Gasteiger partial charge is 0.465 e. The van der Waals surface area contributed by atoms with Crippen LogP contribution in [0.3, 0.4) is 0 Å². The molecule has 0 aliphatic rings. The summed E-state index contributed by atoms with van der Waals surface area (Å²) >= 11 is 0. The molecular weight excluding hydrogens is 320 g/mol. The molecule has 126 valence electrons. The van der Waals surface area contributed by atoms with Crippen molar-refractivity contribution in [3.8, 4) is 11.4 Å². The number of allylic oxidation sites excluding steroid dienone is 1. The number of hydrogen-bond acceptors (Lipinski definition) is 6. The highest BCUT2D eigenvalue weighted by Gasteiger charge is 2.08. The number of nitrogens with one attached hydrogen (secondary N) is 1. The maximum atomic E-state index is 11.9. The van der Waals surface area contributed by atoms with E-state index in [0.717, 1.165) is 5.56 Å². The third kappa shape index (κ3) is 4.71. The topological polar surface area (TPSA) is 98.2 Å². The van der Waals surface area contributed by atoms with Gasteiger partial charge in [0.05, 0.1) is 12.0 Å². The molecule has 0 saturated carbocycles. The van der Waals surface area contributed by atoms with Crippen LogP contribution in [-0.4, -0.2) is 31.8 Å². The van der Waals surface area contributed by atoms with Crippen LogP contribution in [0.4, 0.5) is 0 Å². The summed E-state index contributed by atoms with van der Waals surface area (Å²) in [7, 11) is 0. The normalized spacial score (nSPS) is 11.8. The van der Waals surface area contributed by atoms with Crippen LogP contribution in [0.2, 0.25) is 0 Å². The van der Waals surface area contributed by atoms with Crippen molar-refractivity contribution in [3.05, 3.63) is 60.6 Å². The molecule has 0 radical (unpaired) electrons. The molecule has 0 atom stereocenters. The van der Waals surface area contributed by atoms with E-state index in [1.807, 2.05) is 36.4 Å². The van der Waals surface area contributed by atoms with Crippen molar-refractivity contribution in [1.82, 2.24) is 25.6 Å². The Balaban J connectivity index is 1.54. The lowest BCUT2D eigenvalue weighted by Gasteiger charge is -1.99. The molecule has 0 aliphatic carbocycles. The maximum Gasteiger partial charge on any atom is 0.263 e. The summed E-state index contributed by atoms with van der Waals surface area (Å²) < 4.78 is 5.17. The molecule has 0 aliphatic heterocycles. The number of tetrazole rings is 1. The molecule has 1 amide bonds. The molecule has 1 N–H and O–H groups in total. The molecular formula is C17H16N6O2. The fraction of sp³-hybridized carbons (Fsp3) is 0.118. The van der Waals surface area contributed by atoms with Crippen molar-refractivity contribution in [3.63, 3.8) is 0 Å². The SMILES string of the molecule is CC(C=Cc1ccco1)=NNC(=O)Cn1nnc(-c2ccccc2)n1. The van der Waals surface area contributed by atoms with E-state index >= 15 is 0 Å². The number of aromatic nitrogens is 4. The minimum absolute atomic E-state index is 0.0709. The number of benzene rings is 1. The average molecular weight is 336 g/mol. The second-order valence-electron chi connectivity index (χ2n) is 5.15. The number of hydrogen-bond donors (Lipinski definition) is 1. The number of nitrogens with zero attached hydrogens (tertiary/aromatic N) is 5. The third-order valence-electron chi connectivity index (χ3n) is 3.16. The van der Waals surface area contributed by atoms with Crippen LogP contribution in [0.15, 0.2) is 64.3 Å². The van der Waals surface area contributed by atoms with Crippen molar-refractivity contribution in [2.45, 2.75) is 13.5 Å². The van der Waals surface area contributed by atoms with E-state index in [2.05, 4.69) is 25.9 Å². The lowest BCUT2D eigenvalue weighted by Crippen LogP contribution is -2.25. The molecule has 8 heteroatoms. The minimum Gasteiger partial charge on any atom is -0.465 e. The summed E-state index contributed by atoms with van der Waals surface area (Å²) in [6.07, 6.45) is 5.08. The Morgan fingerprint density at radius 3 is 2.88 bits per heavy atom. The number of carbonyl (C=O) groups excluding carboxylic acids is 1. The van der Waals surface area contributed by atoms with Gasteiger partial charge in [0.2, 0.25) is 5.82 Å². The smallest absolute Gasteiger partial charge is 0.263 e. The zero-order valence-corrected chi connectivity index (χ0v) is 13.5. The molecule has 0 unspecified atom stereocenters. The molecule has 8 nitrogen and oxygen atoms in total. The summed E-state index contributed by atoms with van der Waals surface area (Å²) in [6, 6.07) is 13.0. The highest BCUT2D eigenvalue weighted by molar-refractivity contribution is 5.96. The summed E-state index contributed by atoms with van der Waals surface area (Å²) in [5.41, 5.74) is 3.91. The fourth-order valence-electron chi connectivity index (χ4n) is 1.95. The molecule has 2 heterocycles. The molecule has 1 aromatic carbocycles. The lowest BCUT2D eigenvalue weighted by atomic mass is 10.2. The lowest BCUT2D eigenvalue weighted by molar-refractivity contribution is -0.122. The number of furan rings is 1. The standard InChI is InChI=1S/C17H16N6O2/c1-13(9-10-15-8-5-11-25-15)18-19-16(24)12-23-21-17(20-22-23)14-6-3-2-4-7-14/h2-11H,12H2,1H3,(H,19,24). The van der Waals surface area contributed by atoms with Crippen molar-refractivity contribution < 1.29 is 9.21 Å². The Morgan fingerprint density at radius 1 is 1.28 bits per heavy atom. The van der Waals surface area contributed by atoms with Crippen molar-refractivity contribution >= 4 is 17.7 Å². The van der Waals surface area contributed by atoms with E-state index < -0.39 is 0 Å². The van der Waals surface area contributed by atoms with Crippen LogP contribution in [-0.2, 0) is 11.3 Å². The molecule has 0 fully saturated rings.